The van der Waals surface area contributed by atoms with Crippen LogP contribution >= 0.6 is 23.2 Å². The average molecular weight is 638 g/mol. The molecule has 0 saturated carbocycles. The van der Waals surface area contributed by atoms with Gasteiger partial charge in [-0.25, -0.2) is 0 Å². The molecule has 4 aromatic rings. The molecular weight excluding hydrogens is 612 g/mol. The van der Waals surface area contributed by atoms with Crippen LogP contribution in [0.2, 0.25) is 10.0 Å². The maximum absolute atomic E-state index is 13.1. The van der Waals surface area contributed by atoms with Crippen LogP contribution in [0.3, 0.4) is 0 Å². The normalized spacial score (nSPS) is 16.3. The molecule has 0 radical (unpaired) electrons. The molecule has 0 N–H and O–H groups in total. The van der Waals surface area contributed by atoms with Gasteiger partial charge in [-0.2, -0.15) is 0 Å². The molecule has 10 heteroatoms. The van der Waals surface area contributed by atoms with Gasteiger partial charge in [0.25, 0.3) is 0 Å². The van der Waals surface area contributed by atoms with Crippen molar-refractivity contribution in [1.82, 2.24) is 9.97 Å². The van der Waals surface area contributed by atoms with E-state index in [0.29, 0.717) is 29.3 Å². The molecule has 1 aromatic heterocycles. The minimum absolute atomic E-state index is 0.00692. The number of nitro groups is 1. The summed E-state index contributed by atoms with van der Waals surface area (Å²) >= 11 is 11.7. The monoisotopic (exact) mass is 637 g/mol. The van der Waals surface area contributed by atoms with Crippen LogP contribution in [0.5, 0.6) is 0 Å². The maximum atomic E-state index is 13.1. The number of nitro benzene ring substituents is 1. The summed E-state index contributed by atoms with van der Waals surface area (Å²) in [6.45, 7) is 4.11. The molecule has 0 aliphatic heterocycles. The summed E-state index contributed by atoms with van der Waals surface area (Å²) < 4.78 is 7.06. The first-order valence-corrected chi connectivity index (χ1v) is 16.0. The number of hydrogen-bond acceptors (Lipinski definition) is 6. The van der Waals surface area contributed by atoms with Crippen molar-refractivity contribution in [3.05, 3.63) is 115 Å². The first-order chi connectivity index (χ1) is 19.3. The van der Waals surface area contributed by atoms with E-state index in [1.807, 2.05) is 25.1 Å². The molecule has 3 atom stereocenters. The topological polar surface area (TPSA) is 95.2 Å². The number of ether oxygens (including phenoxy) is 1. The van der Waals surface area contributed by atoms with E-state index in [1.54, 1.807) is 12.1 Å². The molecule has 0 fully saturated rings. The number of aromatic nitrogens is 2. The fourth-order valence-electron chi connectivity index (χ4n) is 4.92. The Balaban J connectivity index is 1.47. The van der Waals surface area contributed by atoms with Crippen LogP contribution in [0, 0.1) is 10.1 Å². The Bertz CT molecular complexity index is 1600. The predicted octanol–water partition coefficient (Wildman–Crippen LogP) is 6.07. The number of halogens is 2. The molecular formula is C30H26AsCl2N3O4. The second kappa shape index (κ2) is 12.1. The van der Waals surface area contributed by atoms with Gasteiger partial charge in [-0.05, 0) is 0 Å². The Labute approximate surface area is 248 Å². The summed E-state index contributed by atoms with van der Waals surface area (Å²) in [6.07, 6.45) is 1.64. The second-order valence-corrected chi connectivity index (χ2v) is 13.2. The van der Waals surface area contributed by atoms with Crippen molar-refractivity contribution >= 4 is 55.1 Å². The first-order valence-electron chi connectivity index (χ1n) is 12.9. The van der Waals surface area contributed by atoms with Gasteiger partial charge >= 0.3 is 250 Å². The minimum atomic E-state index is -0.942. The molecule has 5 rings (SSSR count). The van der Waals surface area contributed by atoms with E-state index < -0.39 is 26.6 Å². The van der Waals surface area contributed by atoms with Crippen molar-refractivity contribution in [1.29, 1.82) is 0 Å². The summed E-state index contributed by atoms with van der Waals surface area (Å²) in [6, 6.07) is 19.1. The van der Waals surface area contributed by atoms with Gasteiger partial charge in [-0.3, -0.25) is 0 Å². The molecule has 0 bridgehead atoms. The van der Waals surface area contributed by atoms with Crippen LogP contribution in [0.25, 0.3) is 11.3 Å². The third-order valence-corrected chi connectivity index (χ3v) is 11.0. The Morgan fingerprint density at radius 1 is 1.02 bits per heavy atom. The quantitative estimate of drug-likeness (QED) is 0.101. The Hall–Kier alpha value is -3.25. The standard InChI is InChI=1S/C30H26AsCl2N3O4/c1-3-24-28(22-14-11-19(32)16-23(22)33)34-25(4-2)29(35-24)31-27-21-8-6-5-7-18(21)15-26(27)40-30(37)17-9-12-20(13-10-17)36(38)39/h5-14,16,26-27,31H,3-4,15H2,1-2H3/t26-,27-/m0/s1. The Morgan fingerprint density at radius 3 is 2.42 bits per heavy atom. The number of rotatable bonds is 8. The van der Waals surface area contributed by atoms with Crippen LogP contribution in [-0.4, -0.2) is 42.7 Å². The molecule has 1 heterocycles. The zero-order chi connectivity index (χ0) is 28.4. The average Bonchev–Trinajstić information content (AvgIpc) is 3.29. The SMILES string of the molecule is CCc1nc(-c2ccc(Cl)cc2Cl)c(CC)nc1[AsH][C@H]1c2ccccc2C[C@@H]1OC(=O)c1ccc([N+](=O)[O-])cc1. The van der Waals surface area contributed by atoms with E-state index in [1.165, 1.54) is 29.8 Å². The van der Waals surface area contributed by atoms with Crippen LogP contribution in [0.1, 0.15) is 51.4 Å². The van der Waals surface area contributed by atoms with Gasteiger partial charge in [0.05, 0.1) is 0 Å². The number of carbonyl (C=O) groups excluding carboxylic acids is 1. The van der Waals surface area contributed by atoms with Crippen molar-refractivity contribution in [3.63, 3.8) is 0 Å². The van der Waals surface area contributed by atoms with E-state index in [4.69, 9.17) is 37.9 Å². The van der Waals surface area contributed by atoms with E-state index in [0.717, 1.165) is 32.7 Å². The molecule has 3 aromatic carbocycles. The van der Waals surface area contributed by atoms with Crippen LogP contribution in [-0.2, 0) is 24.0 Å². The summed E-state index contributed by atoms with van der Waals surface area (Å²) in [5, 5.41) is 12.1. The number of hydrogen-bond donors (Lipinski definition) is 0. The van der Waals surface area contributed by atoms with E-state index >= 15 is 0 Å². The zero-order valence-electron chi connectivity index (χ0n) is 21.9. The molecule has 1 aliphatic carbocycles. The van der Waals surface area contributed by atoms with Gasteiger partial charge in [-0.15, -0.1) is 0 Å². The number of carbonyl (C=O) groups is 1. The Kier molecular flexibility index (Phi) is 8.55. The fourth-order valence-corrected chi connectivity index (χ4v) is 8.99. The van der Waals surface area contributed by atoms with Crippen LogP contribution < -0.4 is 4.48 Å². The van der Waals surface area contributed by atoms with Gasteiger partial charge in [-0.1, -0.05) is 0 Å². The molecule has 204 valence electrons. The third-order valence-electron chi connectivity index (χ3n) is 6.94. The van der Waals surface area contributed by atoms with E-state index in [-0.39, 0.29) is 22.1 Å². The third kappa shape index (κ3) is 5.78. The number of fused-ring (bicyclic) bond motifs is 1. The number of non-ortho nitro benzene ring substituents is 1. The zero-order valence-corrected chi connectivity index (χ0v) is 25.5. The van der Waals surface area contributed by atoms with Gasteiger partial charge in [0, 0.05) is 0 Å². The summed E-state index contributed by atoms with van der Waals surface area (Å²) in [7, 11) is 0. The molecule has 0 spiro atoms. The van der Waals surface area contributed by atoms with Crippen molar-refractivity contribution < 1.29 is 14.5 Å². The van der Waals surface area contributed by atoms with E-state index in [9.17, 15) is 14.9 Å². The van der Waals surface area contributed by atoms with Crippen molar-refractivity contribution in [3.8, 4) is 11.3 Å². The summed E-state index contributed by atoms with van der Waals surface area (Å²) in [5.41, 5.74) is 5.90. The first kappa shape index (κ1) is 28.3. The summed E-state index contributed by atoms with van der Waals surface area (Å²) in [5.74, 6) is -0.493. The molecule has 7 nitrogen and oxygen atoms in total. The van der Waals surface area contributed by atoms with Crippen molar-refractivity contribution in [2.24, 2.45) is 0 Å². The number of benzene rings is 3. The van der Waals surface area contributed by atoms with Gasteiger partial charge in [0.2, 0.25) is 0 Å². The van der Waals surface area contributed by atoms with Crippen LogP contribution in [0.15, 0.2) is 66.7 Å². The molecule has 1 unspecified atom stereocenters. The predicted molar refractivity (Wildman–Crippen MR) is 158 cm³/mol. The number of esters is 1. The fraction of sp³-hybridized carbons (Fsp3) is 0.233. The molecule has 0 amide bonds. The van der Waals surface area contributed by atoms with Crippen molar-refractivity contribution in [2.75, 3.05) is 0 Å². The number of aryl methyl sites for hydroxylation is 2. The van der Waals surface area contributed by atoms with Crippen LogP contribution in [0.4, 0.5) is 5.69 Å². The second-order valence-electron chi connectivity index (χ2n) is 9.42. The van der Waals surface area contributed by atoms with Gasteiger partial charge < -0.3 is 0 Å². The molecule has 0 saturated heterocycles. The molecule has 1 aliphatic rings. The van der Waals surface area contributed by atoms with Gasteiger partial charge in [0.15, 0.2) is 0 Å². The van der Waals surface area contributed by atoms with Gasteiger partial charge in [0.1, 0.15) is 0 Å². The molecule has 40 heavy (non-hydrogen) atoms. The Morgan fingerprint density at radius 2 is 1.75 bits per heavy atom. The summed E-state index contributed by atoms with van der Waals surface area (Å²) in [4.78, 5) is 33.8. The van der Waals surface area contributed by atoms with Crippen molar-refractivity contribution in [2.45, 2.75) is 43.9 Å². The van der Waals surface area contributed by atoms with E-state index in [2.05, 4.69) is 19.1 Å². The number of nitrogens with zero attached hydrogens (tertiary/aromatic N) is 3.